The molecule has 1 aromatic carbocycles. The summed E-state index contributed by atoms with van der Waals surface area (Å²) in [4.78, 5) is 2.46. The van der Waals surface area contributed by atoms with E-state index in [-0.39, 0.29) is 0 Å². The van der Waals surface area contributed by atoms with Gasteiger partial charge in [-0.05, 0) is 56.3 Å². The highest BCUT2D eigenvalue weighted by Gasteiger charge is 2.36. The second-order valence-electron chi connectivity index (χ2n) is 6.33. The number of nitrogens with zero attached hydrogens (tertiary/aromatic N) is 1. The van der Waals surface area contributed by atoms with Crippen molar-refractivity contribution in [3.05, 3.63) is 28.8 Å². The summed E-state index contributed by atoms with van der Waals surface area (Å²) < 4.78 is 0. The number of nitrogens with one attached hydrogen (secondary N) is 1. The van der Waals surface area contributed by atoms with Gasteiger partial charge in [0, 0.05) is 30.2 Å². The highest BCUT2D eigenvalue weighted by molar-refractivity contribution is 6.31. The Bertz CT molecular complexity index is 446. The van der Waals surface area contributed by atoms with Gasteiger partial charge in [-0.2, -0.15) is 0 Å². The van der Waals surface area contributed by atoms with Crippen molar-refractivity contribution in [2.45, 2.75) is 32.2 Å². The Morgan fingerprint density at radius 1 is 1.30 bits per heavy atom. The van der Waals surface area contributed by atoms with E-state index in [4.69, 9.17) is 11.6 Å². The highest BCUT2D eigenvalue weighted by Crippen LogP contribution is 2.37. The molecule has 2 saturated heterocycles. The maximum atomic E-state index is 10.0. The summed E-state index contributed by atoms with van der Waals surface area (Å²) in [6.45, 7) is 5.27. The van der Waals surface area contributed by atoms with Crippen molar-refractivity contribution in [2.24, 2.45) is 5.41 Å². The molecular formula is C16H23ClN2O. The van der Waals surface area contributed by atoms with Crippen molar-refractivity contribution in [2.75, 3.05) is 26.2 Å². The minimum Gasteiger partial charge on any atom is -0.508 e. The third-order valence-corrected chi connectivity index (χ3v) is 5.13. The zero-order chi connectivity index (χ0) is 14.0. The summed E-state index contributed by atoms with van der Waals surface area (Å²) in [6.07, 6.45) is 5.17. The topological polar surface area (TPSA) is 35.5 Å². The van der Waals surface area contributed by atoms with Crippen LogP contribution in [0.2, 0.25) is 5.02 Å². The number of phenolic OH excluding ortho intramolecular Hbond substituents is 1. The molecule has 2 heterocycles. The molecule has 1 atom stereocenters. The van der Waals surface area contributed by atoms with Crippen LogP contribution in [-0.4, -0.2) is 36.2 Å². The second-order valence-corrected chi connectivity index (χ2v) is 6.74. The van der Waals surface area contributed by atoms with E-state index in [1.165, 1.54) is 25.7 Å². The molecule has 3 nitrogen and oxygen atoms in total. The third-order valence-electron chi connectivity index (χ3n) is 4.78. The van der Waals surface area contributed by atoms with Gasteiger partial charge in [-0.15, -0.1) is 0 Å². The van der Waals surface area contributed by atoms with Gasteiger partial charge < -0.3 is 10.4 Å². The van der Waals surface area contributed by atoms with Crippen LogP contribution in [0, 0.1) is 5.41 Å². The quantitative estimate of drug-likeness (QED) is 0.880. The second kappa shape index (κ2) is 5.92. The lowest BCUT2D eigenvalue weighted by Crippen LogP contribution is -2.50. The van der Waals surface area contributed by atoms with Crippen LogP contribution in [0.15, 0.2) is 18.2 Å². The fraction of sp³-hybridized carbons (Fsp3) is 0.625. The van der Waals surface area contributed by atoms with Crippen molar-refractivity contribution in [1.29, 1.82) is 0 Å². The molecule has 0 aliphatic carbocycles. The Morgan fingerprint density at radius 2 is 2.15 bits per heavy atom. The molecule has 2 N–H and O–H groups in total. The van der Waals surface area contributed by atoms with Crippen LogP contribution in [0.3, 0.4) is 0 Å². The standard InChI is InChI=1S/C16H23ClN2O/c17-14-4-1-5-15(20)13(14)10-19-9-3-7-16(12-19)6-2-8-18-11-16/h1,4-5,18,20H,2-3,6-12H2. The predicted octanol–water partition coefficient (Wildman–Crippen LogP) is 3.01. The molecule has 0 radical (unpaired) electrons. The molecule has 0 saturated carbocycles. The van der Waals surface area contributed by atoms with Gasteiger partial charge in [-0.25, -0.2) is 0 Å². The SMILES string of the molecule is Oc1cccc(Cl)c1CN1CCCC2(CCCNC2)C1. The maximum Gasteiger partial charge on any atom is 0.121 e. The molecule has 1 unspecified atom stereocenters. The summed E-state index contributed by atoms with van der Waals surface area (Å²) in [5.41, 5.74) is 1.31. The summed E-state index contributed by atoms with van der Waals surface area (Å²) in [7, 11) is 0. The lowest BCUT2D eigenvalue weighted by Gasteiger charge is -2.45. The van der Waals surface area contributed by atoms with Crippen molar-refractivity contribution in [3.63, 3.8) is 0 Å². The number of halogens is 1. The van der Waals surface area contributed by atoms with Crippen molar-refractivity contribution >= 4 is 11.6 Å². The van der Waals surface area contributed by atoms with Crippen LogP contribution in [0.25, 0.3) is 0 Å². The number of hydrogen-bond donors (Lipinski definition) is 2. The minimum absolute atomic E-state index is 0.318. The molecule has 2 aliphatic rings. The van der Waals surface area contributed by atoms with Crippen molar-refractivity contribution in [3.8, 4) is 5.75 Å². The van der Waals surface area contributed by atoms with Gasteiger partial charge in [0.05, 0.1) is 0 Å². The molecule has 3 rings (SSSR count). The van der Waals surface area contributed by atoms with Gasteiger partial charge in [0.1, 0.15) is 5.75 Å². The summed E-state index contributed by atoms with van der Waals surface area (Å²) in [5, 5.41) is 14.2. The normalized spacial score (nSPS) is 27.9. The van der Waals surface area contributed by atoms with Crippen LogP contribution in [-0.2, 0) is 6.54 Å². The Morgan fingerprint density at radius 3 is 2.90 bits per heavy atom. The van der Waals surface area contributed by atoms with Crippen LogP contribution < -0.4 is 5.32 Å². The lowest BCUT2D eigenvalue weighted by molar-refractivity contribution is 0.0596. The molecule has 4 heteroatoms. The third kappa shape index (κ3) is 2.95. The van der Waals surface area contributed by atoms with Crippen molar-refractivity contribution in [1.82, 2.24) is 10.2 Å². The molecule has 110 valence electrons. The highest BCUT2D eigenvalue weighted by atomic mass is 35.5. The van der Waals surface area contributed by atoms with E-state index < -0.39 is 0 Å². The van der Waals surface area contributed by atoms with Gasteiger partial charge in [-0.3, -0.25) is 4.90 Å². The van der Waals surface area contributed by atoms with Crippen LogP contribution in [0.1, 0.15) is 31.2 Å². The largest absolute Gasteiger partial charge is 0.508 e. The van der Waals surface area contributed by atoms with Gasteiger partial charge in [0.15, 0.2) is 0 Å². The average Bonchev–Trinajstić information content (AvgIpc) is 2.44. The fourth-order valence-corrected chi connectivity index (χ4v) is 3.98. The van der Waals surface area contributed by atoms with Gasteiger partial charge in [0.25, 0.3) is 0 Å². The monoisotopic (exact) mass is 294 g/mol. The minimum atomic E-state index is 0.318. The van der Waals surface area contributed by atoms with E-state index in [0.717, 1.165) is 38.3 Å². The lowest BCUT2D eigenvalue weighted by atomic mass is 9.74. The molecule has 0 aromatic heterocycles. The molecule has 2 fully saturated rings. The number of aromatic hydroxyl groups is 1. The zero-order valence-corrected chi connectivity index (χ0v) is 12.6. The van der Waals surface area contributed by atoms with E-state index in [1.807, 2.05) is 6.07 Å². The first kappa shape index (κ1) is 14.2. The number of likely N-dealkylation sites (tertiary alicyclic amines) is 1. The summed E-state index contributed by atoms with van der Waals surface area (Å²) >= 11 is 6.23. The predicted molar refractivity (Wildman–Crippen MR) is 82.2 cm³/mol. The fourth-order valence-electron chi connectivity index (χ4n) is 3.75. The van der Waals surface area contributed by atoms with E-state index in [0.29, 0.717) is 16.2 Å². The van der Waals surface area contributed by atoms with Crippen LogP contribution in [0.5, 0.6) is 5.75 Å². The molecule has 1 spiro atoms. The molecule has 0 bridgehead atoms. The number of hydrogen-bond acceptors (Lipinski definition) is 3. The Labute approximate surface area is 125 Å². The van der Waals surface area contributed by atoms with E-state index in [1.54, 1.807) is 12.1 Å². The first-order chi connectivity index (χ1) is 9.69. The number of rotatable bonds is 2. The summed E-state index contributed by atoms with van der Waals surface area (Å²) in [6, 6.07) is 5.38. The number of benzene rings is 1. The molecule has 1 aromatic rings. The van der Waals surface area contributed by atoms with E-state index in [9.17, 15) is 5.11 Å². The Hall–Kier alpha value is -0.770. The van der Waals surface area contributed by atoms with Crippen LogP contribution in [0.4, 0.5) is 0 Å². The number of piperidine rings is 2. The molecule has 0 amide bonds. The molecule has 20 heavy (non-hydrogen) atoms. The average molecular weight is 295 g/mol. The Kier molecular flexibility index (Phi) is 4.20. The molecular weight excluding hydrogens is 272 g/mol. The smallest absolute Gasteiger partial charge is 0.121 e. The van der Waals surface area contributed by atoms with Gasteiger partial charge in [-0.1, -0.05) is 17.7 Å². The Balaban J connectivity index is 1.71. The van der Waals surface area contributed by atoms with E-state index in [2.05, 4.69) is 10.2 Å². The van der Waals surface area contributed by atoms with Gasteiger partial charge in [0.2, 0.25) is 0 Å². The first-order valence-electron chi connectivity index (χ1n) is 7.58. The first-order valence-corrected chi connectivity index (χ1v) is 7.96. The van der Waals surface area contributed by atoms with Gasteiger partial charge >= 0.3 is 0 Å². The zero-order valence-electron chi connectivity index (χ0n) is 11.9. The van der Waals surface area contributed by atoms with E-state index >= 15 is 0 Å². The number of phenols is 1. The van der Waals surface area contributed by atoms with Crippen molar-refractivity contribution < 1.29 is 5.11 Å². The maximum absolute atomic E-state index is 10.0. The van der Waals surface area contributed by atoms with Crippen LogP contribution >= 0.6 is 11.6 Å². The molecule has 2 aliphatic heterocycles. The summed E-state index contributed by atoms with van der Waals surface area (Å²) in [5.74, 6) is 0.318.